The number of rotatable bonds is 4. The summed E-state index contributed by atoms with van der Waals surface area (Å²) in [5.74, 6) is 6.40. The first-order chi connectivity index (χ1) is 6.79. The van der Waals surface area contributed by atoms with E-state index in [9.17, 15) is 0 Å². The van der Waals surface area contributed by atoms with E-state index in [1.54, 1.807) is 0 Å². The number of nitrogens with one attached hydrogen (secondary N) is 1. The molecule has 0 bridgehead atoms. The SMILES string of the molecule is NNC(CC1CC1)c1ccc(Cl)cc1. The number of hydrazine groups is 1. The van der Waals surface area contributed by atoms with Crippen molar-refractivity contribution in [1.29, 1.82) is 0 Å². The topological polar surface area (TPSA) is 38.0 Å². The minimum Gasteiger partial charge on any atom is -0.271 e. The van der Waals surface area contributed by atoms with Crippen LogP contribution >= 0.6 is 11.6 Å². The lowest BCUT2D eigenvalue weighted by Crippen LogP contribution is -2.28. The fourth-order valence-corrected chi connectivity index (χ4v) is 1.81. The maximum atomic E-state index is 5.83. The smallest absolute Gasteiger partial charge is 0.0462 e. The summed E-state index contributed by atoms with van der Waals surface area (Å²) in [6.45, 7) is 0. The average molecular weight is 211 g/mol. The fraction of sp³-hybridized carbons (Fsp3) is 0.455. The maximum absolute atomic E-state index is 5.83. The summed E-state index contributed by atoms with van der Waals surface area (Å²) < 4.78 is 0. The quantitative estimate of drug-likeness (QED) is 0.592. The number of benzene rings is 1. The molecule has 1 aromatic carbocycles. The van der Waals surface area contributed by atoms with Gasteiger partial charge in [-0.05, 0) is 30.0 Å². The van der Waals surface area contributed by atoms with Gasteiger partial charge in [0.25, 0.3) is 0 Å². The Labute approximate surface area is 89.4 Å². The van der Waals surface area contributed by atoms with Crippen molar-refractivity contribution in [2.75, 3.05) is 0 Å². The first-order valence-electron chi connectivity index (χ1n) is 5.01. The van der Waals surface area contributed by atoms with Crippen LogP contribution in [0.1, 0.15) is 30.9 Å². The molecule has 1 aliphatic rings. The van der Waals surface area contributed by atoms with Gasteiger partial charge in [-0.15, -0.1) is 0 Å². The molecule has 1 aliphatic carbocycles. The molecule has 1 saturated carbocycles. The molecule has 0 aliphatic heterocycles. The maximum Gasteiger partial charge on any atom is 0.0462 e. The van der Waals surface area contributed by atoms with Gasteiger partial charge in [0.05, 0.1) is 0 Å². The zero-order chi connectivity index (χ0) is 9.97. The molecular weight excluding hydrogens is 196 g/mol. The highest BCUT2D eigenvalue weighted by molar-refractivity contribution is 6.30. The summed E-state index contributed by atoms with van der Waals surface area (Å²) in [5, 5.41) is 0.774. The predicted octanol–water partition coefficient (Wildman–Crippen LogP) is 2.64. The molecule has 1 fully saturated rings. The Morgan fingerprint density at radius 2 is 2.00 bits per heavy atom. The van der Waals surface area contributed by atoms with Gasteiger partial charge in [-0.3, -0.25) is 11.3 Å². The second-order valence-electron chi connectivity index (χ2n) is 3.95. The van der Waals surface area contributed by atoms with Crippen LogP contribution in [0.15, 0.2) is 24.3 Å². The van der Waals surface area contributed by atoms with E-state index in [1.807, 2.05) is 24.3 Å². The summed E-state index contributed by atoms with van der Waals surface area (Å²) in [5.41, 5.74) is 4.09. The Morgan fingerprint density at radius 3 is 2.50 bits per heavy atom. The Hall–Kier alpha value is -0.570. The molecular formula is C11H15ClN2. The third-order valence-corrected chi connectivity index (χ3v) is 2.99. The van der Waals surface area contributed by atoms with Crippen molar-refractivity contribution in [2.24, 2.45) is 11.8 Å². The van der Waals surface area contributed by atoms with Crippen molar-refractivity contribution < 1.29 is 0 Å². The van der Waals surface area contributed by atoms with Crippen molar-refractivity contribution in [1.82, 2.24) is 5.43 Å². The van der Waals surface area contributed by atoms with Crippen molar-refractivity contribution in [3.8, 4) is 0 Å². The van der Waals surface area contributed by atoms with Crippen LogP contribution in [0.4, 0.5) is 0 Å². The number of halogens is 1. The molecule has 2 rings (SSSR count). The van der Waals surface area contributed by atoms with Gasteiger partial charge in [0.15, 0.2) is 0 Å². The lowest BCUT2D eigenvalue weighted by atomic mass is 10.0. The summed E-state index contributed by atoms with van der Waals surface area (Å²) in [7, 11) is 0. The highest BCUT2D eigenvalue weighted by atomic mass is 35.5. The number of hydrogen-bond acceptors (Lipinski definition) is 2. The summed E-state index contributed by atoms with van der Waals surface area (Å²) in [4.78, 5) is 0. The van der Waals surface area contributed by atoms with Gasteiger partial charge in [-0.25, -0.2) is 0 Å². The standard InChI is InChI=1S/C11H15ClN2/c12-10-5-3-9(4-6-10)11(14-13)7-8-1-2-8/h3-6,8,11,14H,1-2,7,13H2. The molecule has 1 unspecified atom stereocenters. The zero-order valence-corrected chi connectivity index (χ0v) is 8.80. The Morgan fingerprint density at radius 1 is 1.36 bits per heavy atom. The van der Waals surface area contributed by atoms with E-state index in [2.05, 4.69) is 5.43 Å². The first kappa shape index (κ1) is 9.97. The van der Waals surface area contributed by atoms with E-state index in [4.69, 9.17) is 17.4 Å². The van der Waals surface area contributed by atoms with Crippen LogP contribution in [0.3, 0.4) is 0 Å². The zero-order valence-electron chi connectivity index (χ0n) is 8.04. The molecule has 76 valence electrons. The Kier molecular flexibility index (Phi) is 3.06. The van der Waals surface area contributed by atoms with Crippen LogP contribution in [0.2, 0.25) is 5.02 Å². The van der Waals surface area contributed by atoms with E-state index in [0.717, 1.165) is 17.4 Å². The van der Waals surface area contributed by atoms with E-state index >= 15 is 0 Å². The molecule has 3 heteroatoms. The average Bonchev–Trinajstić information content (AvgIpc) is 3.00. The molecule has 0 spiro atoms. The van der Waals surface area contributed by atoms with Gasteiger partial charge < -0.3 is 0 Å². The van der Waals surface area contributed by atoms with Crippen LogP contribution in [0.5, 0.6) is 0 Å². The molecule has 0 heterocycles. The van der Waals surface area contributed by atoms with E-state index in [0.29, 0.717) is 0 Å². The minimum atomic E-state index is 0.278. The third kappa shape index (κ3) is 2.47. The predicted molar refractivity (Wildman–Crippen MR) is 58.9 cm³/mol. The lowest BCUT2D eigenvalue weighted by molar-refractivity contribution is 0.487. The summed E-state index contributed by atoms with van der Waals surface area (Å²) >= 11 is 5.83. The molecule has 0 saturated heterocycles. The molecule has 3 N–H and O–H groups in total. The molecule has 0 amide bonds. The van der Waals surface area contributed by atoms with E-state index < -0.39 is 0 Å². The second kappa shape index (κ2) is 4.30. The van der Waals surface area contributed by atoms with E-state index in [-0.39, 0.29) is 6.04 Å². The normalized spacial score (nSPS) is 18.1. The molecule has 0 aromatic heterocycles. The fourth-order valence-electron chi connectivity index (χ4n) is 1.68. The van der Waals surface area contributed by atoms with E-state index in [1.165, 1.54) is 18.4 Å². The van der Waals surface area contributed by atoms with Gasteiger partial charge in [-0.2, -0.15) is 0 Å². The van der Waals surface area contributed by atoms with Crippen molar-refractivity contribution in [2.45, 2.75) is 25.3 Å². The van der Waals surface area contributed by atoms with Gasteiger partial charge >= 0.3 is 0 Å². The van der Waals surface area contributed by atoms with Crippen molar-refractivity contribution >= 4 is 11.6 Å². The minimum absolute atomic E-state index is 0.278. The molecule has 0 radical (unpaired) electrons. The highest BCUT2D eigenvalue weighted by Gasteiger charge is 2.25. The van der Waals surface area contributed by atoms with Crippen LogP contribution in [-0.4, -0.2) is 0 Å². The molecule has 1 aromatic rings. The molecule has 1 atom stereocenters. The van der Waals surface area contributed by atoms with Crippen LogP contribution in [0.25, 0.3) is 0 Å². The van der Waals surface area contributed by atoms with Crippen LogP contribution < -0.4 is 11.3 Å². The van der Waals surface area contributed by atoms with Gasteiger partial charge in [0.1, 0.15) is 0 Å². The monoisotopic (exact) mass is 210 g/mol. The molecule has 2 nitrogen and oxygen atoms in total. The summed E-state index contributed by atoms with van der Waals surface area (Å²) in [6.07, 6.45) is 3.84. The second-order valence-corrected chi connectivity index (χ2v) is 4.39. The first-order valence-corrected chi connectivity index (χ1v) is 5.39. The van der Waals surface area contributed by atoms with Crippen molar-refractivity contribution in [3.05, 3.63) is 34.9 Å². The van der Waals surface area contributed by atoms with Crippen LogP contribution in [0, 0.1) is 5.92 Å². The lowest BCUT2D eigenvalue weighted by Gasteiger charge is -2.15. The Bertz CT molecular complexity index is 293. The Balaban J connectivity index is 2.05. The largest absolute Gasteiger partial charge is 0.271 e. The third-order valence-electron chi connectivity index (χ3n) is 2.74. The highest BCUT2D eigenvalue weighted by Crippen LogP contribution is 2.37. The molecule has 14 heavy (non-hydrogen) atoms. The number of nitrogens with two attached hydrogens (primary N) is 1. The number of hydrogen-bond donors (Lipinski definition) is 2. The van der Waals surface area contributed by atoms with Gasteiger partial charge in [0.2, 0.25) is 0 Å². The van der Waals surface area contributed by atoms with Gasteiger partial charge in [0, 0.05) is 11.1 Å². The van der Waals surface area contributed by atoms with Crippen LogP contribution in [-0.2, 0) is 0 Å². The van der Waals surface area contributed by atoms with Crippen molar-refractivity contribution in [3.63, 3.8) is 0 Å². The van der Waals surface area contributed by atoms with Gasteiger partial charge in [-0.1, -0.05) is 36.6 Å². The summed E-state index contributed by atoms with van der Waals surface area (Å²) in [6, 6.07) is 8.17.